The lowest BCUT2D eigenvalue weighted by Crippen LogP contribution is -2.50. The molecule has 1 amide bonds. The molecule has 1 aliphatic heterocycles. The standard InChI is InChI=1S/C24H27N3O3/c1-16-5-7-18(8-6-16)24(28)27-13-11-26(12-14-27)21-15-17(2)22-19(29-3)9-10-20(30-4)23(22)25-21/h5-10,15H,11-14H2,1-4H3/p+1. The summed E-state index contributed by atoms with van der Waals surface area (Å²) in [6.45, 7) is 7.02. The van der Waals surface area contributed by atoms with E-state index in [2.05, 4.69) is 22.9 Å². The number of nitrogens with one attached hydrogen (secondary N) is 1. The van der Waals surface area contributed by atoms with Crippen LogP contribution >= 0.6 is 0 Å². The third-order valence-electron chi connectivity index (χ3n) is 5.78. The topological polar surface area (TPSA) is 56.2 Å². The van der Waals surface area contributed by atoms with E-state index in [0.29, 0.717) is 13.1 Å². The zero-order valence-corrected chi connectivity index (χ0v) is 18.0. The number of aromatic amines is 1. The van der Waals surface area contributed by atoms with E-state index in [-0.39, 0.29) is 5.91 Å². The summed E-state index contributed by atoms with van der Waals surface area (Å²) >= 11 is 0. The van der Waals surface area contributed by atoms with Crippen LogP contribution in [0.5, 0.6) is 11.5 Å². The Morgan fingerprint density at radius 1 is 0.900 bits per heavy atom. The minimum Gasteiger partial charge on any atom is -0.496 e. The molecule has 2 aromatic carbocycles. The van der Waals surface area contributed by atoms with Gasteiger partial charge in [0, 0.05) is 11.6 Å². The van der Waals surface area contributed by atoms with Gasteiger partial charge in [-0.15, -0.1) is 0 Å². The van der Waals surface area contributed by atoms with Crippen LogP contribution in [0.25, 0.3) is 10.9 Å². The summed E-state index contributed by atoms with van der Waals surface area (Å²) in [5.74, 6) is 2.72. The molecule has 4 rings (SSSR count). The molecule has 1 aliphatic rings. The average molecular weight is 407 g/mol. The molecule has 1 fully saturated rings. The van der Waals surface area contributed by atoms with Crippen LogP contribution in [0.1, 0.15) is 21.5 Å². The van der Waals surface area contributed by atoms with Crippen molar-refractivity contribution in [3.8, 4) is 11.5 Å². The van der Waals surface area contributed by atoms with Gasteiger partial charge in [0.2, 0.25) is 0 Å². The zero-order chi connectivity index (χ0) is 21.3. The molecular weight excluding hydrogens is 378 g/mol. The lowest BCUT2D eigenvalue weighted by molar-refractivity contribution is -0.331. The maximum absolute atomic E-state index is 12.8. The number of piperazine rings is 1. The number of H-pyrrole nitrogens is 1. The molecule has 0 aliphatic carbocycles. The van der Waals surface area contributed by atoms with Crippen LogP contribution in [0.2, 0.25) is 0 Å². The SMILES string of the molecule is COc1ccc(OC)c2c(C)cc(N3CCN(C(=O)c4ccc(C)cc4)CC3)[nH+]c12. The van der Waals surface area contributed by atoms with Gasteiger partial charge in [0.05, 0.1) is 32.7 Å². The molecular formula is C24H28N3O3+. The van der Waals surface area contributed by atoms with Gasteiger partial charge in [-0.25, -0.2) is 4.98 Å². The van der Waals surface area contributed by atoms with Gasteiger partial charge in [0.1, 0.15) is 18.8 Å². The van der Waals surface area contributed by atoms with Crippen molar-refractivity contribution in [1.82, 2.24) is 4.90 Å². The van der Waals surface area contributed by atoms with Gasteiger partial charge in [0.15, 0.2) is 11.3 Å². The Morgan fingerprint density at radius 3 is 2.17 bits per heavy atom. The van der Waals surface area contributed by atoms with Gasteiger partial charge in [-0.05, 0) is 43.7 Å². The number of aryl methyl sites for hydroxylation is 2. The predicted molar refractivity (Wildman–Crippen MR) is 118 cm³/mol. The van der Waals surface area contributed by atoms with Crippen LogP contribution in [0.3, 0.4) is 0 Å². The smallest absolute Gasteiger partial charge is 0.275 e. The first-order valence-corrected chi connectivity index (χ1v) is 10.2. The fraction of sp³-hybridized carbons (Fsp3) is 0.333. The van der Waals surface area contributed by atoms with Crippen molar-refractivity contribution < 1.29 is 19.3 Å². The highest BCUT2D eigenvalue weighted by molar-refractivity contribution is 5.94. The summed E-state index contributed by atoms with van der Waals surface area (Å²) in [6, 6.07) is 13.8. The highest BCUT2D eigenvalue weighted by Gasteiger charge is 2.28. The van der Waals surface area contributed by atoms with Crippen molar-refractivity contribution in [2.45, 2.75) is 13.8 Å². The highest BCUT2D eigenvalue weighted by atomic mass is 16.5. The molecule has 0 saturated carbocycles. The molecule has 30 heavy (non-hydrogen) atoms. The fourth-order valence-electron chi connectivity index (χ4n) is 4.06. The first kappa shape index (κ1) is 20.0. The van der Waals surface area contributed by atoms with Crippen molar-refractivity contribution in [3.05, 3.63) is 59.2 Å². The zero-order valence-electron chi connectivity index (χ0n) is 18.0. The summed E-state index contributed by atoms with van der Waals surface area (Å²) in [6.07, 6.45) is 0. The molecule has 0 radical (unpaired) electrons. The van der Waals surface area contributed by atoms with Crippen LogP contribution in [0.4, 0.5) is 5.82 Å². The van der Waals surface area contributed by atoms with E-state index < -0.39 is 0 Å². The number of amides is 1. The van der Waals surface area contributed by atoms with E-state index in [1.54, 1.807) is 14.2 Å². The number of carbonyl (C=O) groups excluding carboxylic acids is 1. The average Bonchev–Trinajstić information content (AvgIpc) is 2.78. The lowest BCUT2D eigenvalue weighted by Gasteiger charge is -2.31. The molecule has 3 aromatic rings. The number of nitrogens with zero attached hydrogens (tertiary/aromatic N) is 2. The number of rotatable bonds is 4. The van der Waals surface area contributed by atoms with Gasteiger partial charge in [-0.1, -0.05) is 17.7 Å². The predicted octanol–water partition coefficient (Wildman–Crippen LogP) is 3.25. The Balaban J connectivity index is 1.56. The summed E-state index contributed by atoms with van der Waals surface area (Å²) in [5, 5.41) is 1.02. The van der Waals surface area contributed by atoms with Crippen LogP contribution in [0, 0.1) is 13.8 Å². The Morgan fingerprint density at radius 2 is 1.53 bits per heavy atom. The largest absolute Gasteiger partial charge is 0.496 e. The van der Waals surface area contributed by atoms with Crippen LogP contribution < -0.4 is 19.4 Å². The Bertz CT molecular complexity index is 1070. The number of hydrogen-bond donors (Lipinski definition) is 0. The number of pyridine rings is 1. The van der Waals surface area contributed by atoms with Gasteiger partial charge in [0.25, 0.3) is 11.7 Å². The molecule has 2 heterocycles. The highest BCUT2D eigenvalue weighted by Crippen LogP contribution is 2.34. The molecule has 0 atom stereocenters. The normalized spacial score (nSPS) is 14.1. The van der Waals surface area contributed by atoms with E-state index in [1.165, 1.54) is 0 Å². The van der Waals surface area contributed by atoms with Gasteiger partial charge in [-0.3, -0.25) is 9.69 Å². The minimum absolute atomic E-state index is 0.0970. The number of benzene rings is 2. The molecule has 1 N–H and O–H groups in total. The van der Waals surface area contributed by atoms with Crippen molar-refractivity contribution in [2.75, 3.05) is 45.3 Å². The van der Waals surface area contributed by atoms with Crippen LogP contribution in [-0.2, 0) is 0 Å². The second-order valence-corrected chi connectivity index (χ2v) is 7.70. The van der Waals surface area contributed by atoms with Crippen molar-refractivity contribution in [2.24, 2.45) is 0 Å². The molecule has 156 valence electrons. The molecule has 6 nitrogen and oxygen atoms in total. The van der Waals surface area contributed by atoms with E-state index >= 15 is 0 Å². The van der Waals surface area contributed by atoms with Gasteiger partial charge < -0.3 is 14.4 Å². The number of methoxy groups -OCH3 is 2. The first-order valence-electron chi connectivity index (χ1n) is 10.2. The Hall–Kier alpha value is -3.28. The van der Waals surface area contributed by atoms with Crippen LogP contribution in [-0.4, -0.2) is 51.2 Å². The Labute approximate surface area is 177 Å². The summed E-state index contributed by atoms with van der Waals surface area (Å²) in [5.41, 5.74) is 3.95. The fourth-order valence-corrected chi connectivity index (χ4v) is 4.06. The lowest BCUT2D eigenvalue weighted by atomic mass is 10.1. The summed E-state index contributed by atoms with van der Waals surface area (Å²) < 4.78 is 11.1. The van der Waals surface area contributed by atoms with E-state index in [0.717, 1.165) is 58.0 Å². The molecule has 6 heteroatoms. The number of ether oxygens (including phenoxy) is 2. The van der Waals surface area contributed by atoms with Crippen molar-refractivity contribution in [1.29, 1.82) is 0 Å². The van der Waals surface area contributed by atoms with Gasteiger partial charge in [-0.2, -0.15) is 0 Å². The second-order valence-electron chi connectivity index (χ2n) is 7.70. The summed E-state index contributed by atoms with van der Waals surface area (Å²) in [4.78, 5) is 20.5. The maximum atomic E-state index is 12.8. The van der Waals surface area contributed by atoms with E-state index in [1.807, 2.05) is 48.2 Å². The van der Waals surface area contributed by atoms with E-state index in [9.17, 15) is 4.79 Å². The van der Waals surface area contributed by atoms with Crippen LogP contribution in [0.15, 0.2) is 42.5 Å². The second kappa shape index (κ2) is 8.22. The molecule has 0 spiro atoms. The molecule has 0 bridgehead atoms. The Kier molecular flexibility index (Phi) is 5.48. The molecule has 0 unspecified atom stereocenters. The number of aromatic nitrogens is 1. The summed E-state index contributed by atoms with van der Waals surface area (Å²) in [7, 11) is 3.35. The molecule has 1 aromatic heterocycles. The third kappa shape index (κ3) is 3.65. The third-order valence-corrected chi connectivity index (χ3v) is 5.78. The van der Waals surface area contributed by atoms with Crippen molar-refractivity contribution in [3.63, 3.8) is 0 Å². The minimum atomic E-state index is 0.0970. The van der Waals surface area contributed by atoms with Gasteiger partial charge >= 0.3 is 0 Å². The number of hydrogen-bond acceptors (Lipinski definition) is 4. The number of carbonyl (C=O) groups is 1. The number of fused-ring (bicyclic) bond motifs is 1. The monoisotopic (exact) mass is 406 g/mol. The number of anilines is 1. The van der Waals surface area contributed by atoms with E-state index in [4.69, 9.17) is 9.47 Å². The van der Waals surface area contributed by atoms with Crippen molar-refractivity contribution >= 4 is 22.6 Å². The first-order chi connectivity index (χ1) is 14.5. The quantitative estimate of drug-likeness (QED) is 0.667. The maximum Gasteiger partial charge on any atom is 0.275 e. The molecule has 1 saturated heterocycles.